The first-order valence-corrected chi connectivity index (χ1v) is 7.89. The second-order valence-electron chi connectivity index (χ2n) is 6.08. The van der Waals surface area contributed by atoms with Crippen LogP contribution in [0.3, 0.4) is 0 Å². The van der Waals surface area contributed by atoms with Crippen molar-refractivity contribution in [1.29, 1.82) is 0 Å². The Labute approximate surface area is 121 Å². The summed E-state index contributed by atoms with van der Waals surface area (Å²) < 4.78 is 15.1. The van der Waals surface area contributed by atoms with Crippen LogP contribution in [0.2, 0.25) is 0 Å². The number of benzene rings is 1. The fourth-order valence-electron chi connectivity index (χ4n) is 2.34. The van der Waals surface area contributed by atoms with E-state index in [1.54, 1.807) is 12.1 Å². The van der Waals surface area contributed by atoms with Gasteiger partial charge in [0.15, 0.2) is 0 Å². The molecular weight excluding hydrogens is 276 g/mol. The van der Waals surface area contributed by atoms with E-state index in [0.29, 0.717) is 0 Å². The lowest BCUT2D eigenvalue weighted by atomic mass is 9.88. The number of nitro benzene ring substituents is 1. The molecule has 110 valence electrons. The van der Waals surface area contributed by atoms with E-state index in [1.165, 1.54) is 6.07 Å². The van der Waals surface area contributed by atoms with Crippen LogP contribution in [0.25, 0.3) is 0 Å². The van der Waals surface area contributed by atoms with E-state index in [0.717, 1.165) is 30.4 Å². The maximum atomic E-state index is 12.2. The zero-order chi connectivity index (χ0) is 14.9. The van der Waals surface area contributed by atoms with Crippen LogP contribution in [-0.2, 0) is 17.4 Å². The Bertz CT molecular complexity index is 552. The van der Waals surface area contributed by atoms with Crippen molar-refractivity contribution >= 4 is 16.7 Å². The summed E-state index contributed by atoms with van der Waals surface area (Å²) in [6.07, 6.45) is 2.71. The Morgan fingerprint density at radius 3 is 2.70 bits per heavy atom. The van der Waals surface area contributed by atoms with Gasteiger partial charge in [0, 0.05) is 18.2 Å². The van der Waals surface area contributed by atoms with Crippen molar-refractivity contribution in [2.75, 3.05) is 0 Å². The normalized spacial score (nSPS) is 20.2. The molecule has 0 aliphatic heterocycles. The minimum absolute atomic E-state index is 0.0135. The minimum atomic E-state index is -1.14. The molecule has 20 heavy (non-hydrogen) atoms. The van der Waals surface area contributed by atoms with Crippen molar-refractivity contribution in [3.63, 3.8) is 0 Å². The summed E-state index contributed by atoms with van der Waals surface area (Å²) in [6.45, 7) is 5.78. The Balaban J connectivity index is 2.25. The third-order valence-corrected chi connectivity index (χ3v) is 5.07. The SMILES string of the molecule is CC(C)(C)[S@@](=O)N[C@@H]1CCCc2cc([N+](=O)[O-])ccc21. The number of nitro groups is 1. The van der Waals surface area contributed by atoms with E-state index in [1.807, 2.05) is 20.8 Å². The molecule has 1 aliphatic rings. The van der Waals surface area contributed by atoms with Crippen molar-refractivity contribution in [1.82, 2.24) is 4.72 Å². The van der Waals surface area contributed by atoms with Gasteiger partial charge in [-0.25, -0.2) is 8.93 Å². The van der Waals surface area contributed by atoms with Crippen LogP contribution < -0.4 is 4.72 Å². The number of aryl methyl sites for hydroxylation is 1. The van der Waals surface area contributed by atoms with Gasteiger partial charge < -0.3 is 0 Å². The molecule has 0 heterocycles. The van der Waals surface area contributed by atoms with Gasteiger partial charge in [-0.05, 0) is 51.2 Å². The molecule has 0 radical (unpaired) electrons. The minimum Gasteiger partial charge on any atom is -0.258 e. The fraction of sp³-hybridized carbons (Fsp3) is 0.571. The van der Waals surface area contributed by atoms with Gasteiger partial charge in [-0.3, -0.25) is 10.1 Å². The molecule has 2 rings (SSSR count). The van der Waals surface area contributed by atoms with Crippen LogP contribution in [0.15, 0.2) is 18.2 Å². The van der Waals surface area contributed by atoms with E-state index in [-0.39, 0.29) is 21.4 Å². The largest absolute Gasteiger partial charge is 0.269 e. The van der Waals surface area contributed by atoms with E-state index in [4.69, 9.17) is 0 Å². The number of nitrogens with one attached hydrogen (secondary N) is 1. The highest BCUT2D eigenvalue weighted by atomic mass is 32.2. The first-order valence-electron chi connectivity index (χ1n) is 6.74. The molecule has 6 heteroatoms. The maximum Gasteiger partial charge on any atom is 0.269 e. The fourth-order valence-corrected chi connectivity index (χ4v) is 3.20. The van der Waals surface area contributed by atoms with Crippen molar-refractivity contribution in [3.05, 3.63) is 39.4 Å². The summed E-state index contributed by atoms with van der Waals surface area (Å²) >= 11 is 0. The standard InChI is InChI=1S/C14H20N2O3S/c1-14(2,3)20(19)15-13-6-4-5-10-9-11(16(17)18)7-8-12(10)13/h7-9,13,15H,4-6H2,1-3H3/t13-,20-/m1/s1. The number of non-ortho nitro benzene ring substituents is 1. The Kier molecular flexibility index (Phi) is 4.25. The monoisotopic (exact) mass is 296 g/mol. The van der Waals surface area contributed by atoms with E-state index >= 15 is 0 Å². The average Bonchev–Trinajstić information content (AvgIpc) is 2.37. The zero-order valence-electron chi connectivity index (χ0n) is 12.0. The number of hydrogen-bond donors (Lipinski definition) is 1. The van der Waals surface area contributed by atoms with Crippen LogP contribution >= 0.6 is 0 Å². The first kappa shape index (κ1) is 15.1. The van der Waals surface area contributed by atoms with Gasteiger partial charge in [-0.1, -0.05) is 6.07 Å². The summed E-state index contributed by atoms with van der Waals surface area (Å²) in [6, 6.07) is 4.98. The molecule has 0 saturated heterocycles. The molecule has 0 aromatic heterocycles. The lowest BCUT2D eigenvalue weighted by Gasteiger charge is -2.29. The first-order chi connectivity index (χ1) is 9.29. The van der Waals surface area contributed by atoms with Crippen LogP contribution in [0.1, 0.15) is 50.8 Å². The van der Waals surface area contributed by atoms with Crippen LogP contribution in [0.4, 0.5) is 5.69 Å². The molecule has 1 aliphatic carbocycles. The summed E-state index contributed by atoms with van der Waals surface area (Å²) in [7, 11) is -1.14. The highest BCUT2D eigenvalue weighted by molar-refractivity contribution is 7.84. The number of nitrogens with zero attached hydrogens (tertiary/aromatic N) is 1. The van der Waals surface area contributed by atoms with Gasteiger partial charge in [0.2, 0.25) is 0 Å². The molecule has 0 saturated carbocycles. The van der Waals surface area contributed by atoms with Gasteiger partial charge in [-0.2, -0.15) is 0 Å². The lowest BCUT2D eigenvalue weighted by molar-refractivity contribution is -0.384. The van der Waals surface area contributed by atoms with Gasteiger partial charge in [0.05, 0.1) is 20.7 Å². The molecule has 1 aromatic rings. The number of hydrogen-bond acceptors (Lipinski definition) is 3. The summed E-state index contributed by atoms with van der Waals surface area (Å²) in [5, 5.41) is 10.8. The second kappa shape index (κ2) is 5.61. The van der Waals surface area contributed by atoms with Gasteiger partial charge in [0.25, 0.3) is 5.69 Å². The van der Waals surface area contributed by atoms with Gasteiger partial charge in [0.1, 0.15) is 0 Å². The predicted octanol–water partition coefficient (Wildman–Crippen LogP) is 3.02. The number of rotatable bonds is 3. The molecular formula is C14H20N2O3S. The second-order valence-corrected chi connectivity index (χ2v) is 8.08. The van der Waals surface area contributed by atoms with Crippen LogP contribution in [0, 0.1) is 10.1 Å². The molecule has 0 spiro atoms. The Morgan fingerprint density at radius 2 is 2.10 bits per heavy atom. The van der Waals surface area contributed by atoms with Crippen LogP contribution in [-0.4, -0.2) is 13.9 Å². The smallest absolute Gasteiger partial charge is 0.258 e. The molecule has 1 N–H and O–H groups in total. The third-order valence-electron chi connectivity index (χ3n) is 3.46. The highest BCUT2D eigenvalue weighted by Crippen LogP contribution is 2.33. The molecule has 0 fully saturated rings. The Hall–Kier alpha value is -1.27. The third kappa shape index (κ3) is 3.24. The van der Waals surface area contributed by atoms with E-state index in [9.17, 15) is 14.3 Å². The van der Waals surface area contributed by atoms with Crippen molar-refractivity contribution < 1.29 is 9.13 Å². The van der Waals surface area contributed by atoms with Crippen LogP contribution in [0.5, 0.6) is 0 Å². The molecule has 2 atom stereocenters. The van der Waals surface area contributed by atoms with Gasteiger partial charge in [-0.15, -0.1) is 0 Å². The maximum absolute atomic E-state index is 12.2. The quantitative estimate of drug-likeness (QED) is 0.688. The summed E-state index contributed by atoms with van der Waals surface area (Å²) in [4.78, 5) is 10.4. The van der Waals surface area contributed by atoms with E-state index < -0.39 is 11.0 Å². The average molecular weight is 296 g/mol. The van der Waals surface area contributed by atoms with Crippen molar-refractivity contribution in [2.24, 2.45) is 0 Å². The Morgan fingerprint density at radius 1 is 1.40 bits per heavy atom. The molecule has 5 nitrogen and oxygen atoms in total. The van der Waals surface area contributed by atoms with E-state index in [2.05, 4.69) is 4.72 Å². The molecule has 1 aromatic carbocycles. The molecule has 0 bridgehead atoms. The number of fused-ring (bicyclic) bond motifs is 1. The van der Waals surface area contributed by atoms with Gasteiger partial charge >= 0.3 is 0 Å². The summed E-state index contributed by atoms with van der Waals surface area (Å²) in [5.74, 6) is 0. The topological polar surface area (TPSA) is 72.2 Å². The van der Waals surface area contributed by atoms with Crippen molar-refractivity contribution in [2.45, 2.75) is 50.8 Å². The summed E-state index contributed by atoms with van der Waals surface area (Å²) in [5.41, 5.74) is 2.16. The molecule has 0 amide bonds. The predicted molar refractivity (Wildman–Crippen MR) is 79.8 cm³/mol. The van der Waals surface area contributed by atoms with Crippen molar-refractivity contribution in [3.8, 4) is 0 Å². The highest BCUT2D eigenvalue weighted by Gasteiger charge is 2.27. The lowest BCUT2D eigenvalue weighted by Crippen LogP contribution is -2.36. The molecule has 0 unspecified atom stereocenters. The zero-order valence-corrected chi connectivity index (χ0v) is 12.8.